The van der Waals surface area contributed by atoms with Crippen LogP contribution in [-0.4, -0.2) is 62.5 Å². The van der Waals surface area contributed by atoms with Crippen LogP contribution in [0, 0.1) is 6.92 Å². The molecular weight excluding hydrogens is 529 g/mol. The summed E-state index contributed by atoms with van der Waals surface area (Å²) >= 11 is 0. The summed E-state index contributed by atoms with van der Waals surface area (Å²) in [5.74, 6) is 0.686. The van der Waals surface area contributed by atoms with Crippen LogP contribution in [-0.2, 0) is 16.9 Å². The molecule has 0 radical (unpaired) electrons. The van der Waals surface area contributed by atoms with Gasteiger partial charge in [-0.3, -0.25) is 14.3 Å². The minimum absolute atomic E-state index is 0.0447. The molecule has 1 aliphatic heterocycles. The van der Waals surface area contributed by atoms with Crippen molar-refractivity contribution in [3.8, 4) is 0 Å². The van der Waals surface area contributed by atoms with E-state index in [1.807, 2.05) is 43.9 Å². The van der Waals surface area contributed by atoms with E-state index in [-0.39, 0.29) is 35.3 Å². The molecule has 0 amide bonds. The van der Waals surface area contributed by atoms with Gasteiger partial charge in [-0.05, 0) is 61.0 Å². The quantitative estimate of drug-likeness (QED) is 0.420. The van der Waals surface area contributed by atoms with Crippen LogP contribution in [0.5, 0.6) is 0 Å². The Balaban J connectivity index is 1.71. The average Bonchev–Trinajstić information content (AvgIpc) is 2.86. The second-order valence-corrected chi connectivity index (χ2v) is 12.3. The Labute approximate surface area is 227 Å². The number of piperazine rings is 1. The highest BCUT2D eigenvalue weighted by atomic mass is 32.2. The molecule has 1 atom stereocenters. The number of fused-ring (bicyclic) bond motifs is 1. The van der Waals surface area contributed by atoms with Crippen LogP contribution in [0.4, 0.5) is 24.7 Å². The van der Waals surface area contributed by atoms with Gasteiger partial charge in [0, 0.05) is 44.7 Å². The molecule has 0 spiro atoms. The minimum Gasteiger partial charge on any atom is -0.377 e. The van der Waals surface area contributed by atoms with Gasteiger partial charge in [-0.25, -0.2) is 8.42 Å². The average molecular weight is 565 g/mol. The fourth-order valence-electron chi connectivity index (χ4n) is 5.27. The van der Waals surface area contributed by atoms with Crippen LogP contribution in [0.25, 0.3) is 10.8 Å². The van der Waals surface area contributed by atoms with Gasteiger partial charge < -0.3 is 10.2 Å². The summed E-state index contributed by atoms with van der Waals surface area (Å²) in [4.78, 5) is 17.0. The SMILES string of the molecule is CCCS(=O)(=O)c1ccccc1N[C@H](C)c1cc(C)cc2c(=O)n(C)c(N3CCN(CC(F)(F)F)CC3)cc12. The van der Waals surface area contributed by atoms with Crippen molar-refractivity contribution in [2.24, 2.45) is 7.05 Å². The van der Waals surface area contributed by atoms with Gasteiger partial charge in [-0.1, -0.05) is 25.1 Å². The molecule has 1 aromatic heterocycles. The zero-order chi connectivity index (χ0) is 28.5. The van der Waals surface area contributed by atoms with E-state index in [2.05, 4.69) is 5.32 Å². The lowest BCUT2D eigenvalue weighted by Crippen LogP contribution is -2.50. The number of aryl methyl sites for hydroxylation is 1. The Morgan fingerprint density at radius 2 is 1.69 bits per heavy atom. The number of anilines is 2. The van der Waals surface area contributed by atoms with E-state index in [9.17, 15) is 26.4 Å². The molecule has 1 N–H and O–H groups in total. The number of pyridine rings is 1. The van der Waals surface area contributed by atoms with Crippen molar-refractivity contribution in [3.63, 3.8) is 0 Å². The van der Waals surface area contributed by atoms with Crippen molar-refractivity contribution in [2.75, 3.05) is 48.7 Å². The van der Waals surface area contributed by atoms with Crippen LogP contribution in [0.15, 0.2) is 52.2 Å². The van der Waals surface area contributed by atoms with Crippen LogP contribution in [0.2, 0.25) is 0 Å². The van der Waals surface area contributed by atoms with Gasteiger partial charge in [0.2, 0.25) is 0 Å². The number of alkyl halides is 3. The van der Waals surface area contributed by atoms with Gasteiger partial charge in [-0.15, -0.1) is 0 Å². The molecule has 2 heterocycles. The third-order valence-corrected chi connectivity index (χ3v) is 9.11. The predicted molar refractivity (Wildman–Crippen MR) is 149 cm³/mol. The number of aromatic nitrogens is 1. The third kappa shape index (κ3) is 6.41. The highest BCUT2D eigenvalue weighted by molar-refractivity contribution is 7.91. The molecule has 11 heteroatoms. The summed E-state index contributed by atoms with van der Waals surface area (Å²) in [6, 6.07) is 12.2. The largest absolute Gasteiger partial charge is 0.401 e. The number of nitrogens with zero attached hydrogens (tertiary/aromatic N) is 3. The van der Waals surface area contributed by atoms with Crippen molar-refractivity contribution in [2.45, 2.75) is 44.3 Å². The van der Waals surface area contributed by atoms with Crippen molar-refractivity contribution in [1.82, 2.24) is 9.47 Å². The molecule has 39 heavy (non-hydrogen) atoms. The highest BCUT2D eigenvalue weighted by Gasteiger charge is 2.32. The number of benzene rings is 2. The third-order valence-electron chi connectivity index (χ3n) is 7.14. The van der Waals surface area contributed by atoms with E-state index in [4.69, 9.17) is 0 Å². The normalized spacial score (nSPS) is 16.0. The van der Waals surface area contributed by atoms with Gasteiger partial charge in [0.15, 0.2) is 9.84 Å². The molecule has 3 aromatic rings. The summed E-state index contributed by atoms with van der Waals surface area (Å²) in [6.45, 7) is 5.93. The fourth-order valence-corrected chi connectivity index (χ4v) is 6.78. The van der Waals surface area contributed by atoms with Gasteiger partial charge in [0.25, 0.3) is 5.56 Å². The summed E-state index contributed by atoms with van der Waals surface area (Å²) in [7, 11) is -1.79. The van der Waals surface area contributed by atoms with Crippen molar-refractivity contribution < 1.29 is 21.6 Å². The number of hydrogen-bond donors (Lipinski definition) is 1. The van der Waals surface area contributed by atoms with Crippen LogP contribution in [0.3, 0.4) is 0 Å². The van der Waals surface area contributed by atoms with Crippen molar-refractivity contribution >= 4 is 32.1 Å². The maximum atomic E-state index is 13.5. The molecular formula is C28H35F3N4O3S. The predicted octanol–water partition coefficient (Wildman–Crippen LogP) is 4.89. The van der Waals surface area contributed by atoms with Crippen LogP contribution < -0.4 is 15.8 Å². The van der Waals surface area contributed by atoms with E-state index in [1.165, 1.54) is 4.90 Å². The van der Waals surface area contributed by atoms with E-state index < -0.39 is 22.6 Å². The van der Waals surface area contributed by atoms with Gasteiger partial charge in [0.1, 0.15) is 5.82 Å². The molecule has 0 saturated carbocycles. The van der Waals surface area contributed by atoms with E-state index in [0.717, 1.165) is 16.5 Å². The molecule has 212 valence electrons. The molecule has 0 unspecified atom stereocenters. The Kier molecular flexibility index (Phi) is 8.32. The number of nitrogens with one attached hydrogen (secondary N) is 1. The first-order valence-corrected chi connectivity index (χ1v) is 14.7. The zero-order valence-electron chi connectivity index (χ0n) is 22.7. The summed E-state index contributed by atoms with van der Waals surface area (Å²) in [5, 5.41) is 4.62. The molecule has 1 aliphatic rings. The molecule has 0 aliphatic carbocycles. The first-order chi connectivity index (χ1) is 18.3. The smallest absolute Gasteiger partial charge is 0.377 e. The second kappa shape index (κ2) is 11.2. The zero-order valence-corrected chi connectivity index (χ0v) is 23.5. The van der Waals surface area contributed by atoms with Gasteiger partial charge in [0.05, 0.1) is 22.9 Å². The maximum Gasteiger partial charge on any atom is 0.401 e. The first-order valence-electron chi connectivity index (χ1n) is 13.1. The van der Waals surface area contributed by atoms with Crippen LogP contribution in [0.1, 0.15) is 37.4 Å². The van der Waals surface area contributed by atoms with Gasteiger partial charge >= 0.3 is 6.18 Å². The van der Waals surface area contributed by atoms with Gasteiger partial charge in [-0.2, -0.15) is 13.2 Å². The molecule has 1 fully saturated rings. The molecule has 0 bridgehead atoms. The monoisotopic (exact) mass is 564 g/mol. The van der Waals surface area contributed by atoms with Crippen molar-refractivity contribution in [3.05, 3.63) is 63.9 Å². The highest BCUT2D eigenvalue weighted by Crippen LogP contribution is 2.32. The minimum atomic E-state index is -4.25. The van der Waals surface area contributed by atoms with E-state index in [1.54, 1.807) is 35.9 Å². The molecule has 4 rings (SSSR count). The molecule has 7 nitrogen and oxygen atoms in total. The number of para-hydroxylation sites is 1. The Bertz CT molecular complexity index is 1510. The lowest BCUT2D eigenvalue weighted by atomic mass is 9.97. The van der Waals surface area contributed by atoms with Crippen molar-refractivity contribution in [1.29, 1.82) is 0 Å². The topological polar surface area (TPSA) is 74.6 Å². The summed E-state index contributed by atoms with van der Waals surface area (Å²) in [6.07, 6.45) is -3.74. The van der Waals surface area contributed by atoms with E-state index >= 15 is 0 Å². The molecule has 2 aromatic carbocycles. The second-order valence-electron chi connectivity index (χ2n) is 10.2. The maximum absolute atomic E-state index is 13.5. The lowest BCUT2D eigenvalue weighted by molar-refractivity contribution is -0.146. The van der Waals surface area contributed by atoms with Crippen LogP contribution >= 0.6 is 0 Å². The Morgan fingerprint density at radius 1 is 1.03 bits per heavy atom. The Hall–Kier alpha value is -3.05. The fraction of sp³-hybridized carbons (Fsp3) is 0.464. The number of sulfone groups is 1. The summed E-state index contributed by atoms with van der Waals surface area (Å²) < 4.78 is 65.9. The number of hydrogen-bond acceptors (Lipinski definition) is 6. The lowest BCUT2D eigenvalue weighted by Gasteiger charge is -2.37. The summed E-state index contributed by atoms with van der Waals surface area (Å²) in [5.41, 5.74) is 2.03. The molecule has 1 saturated heterocycles. The Morgan fingerprint density at radius 3 is 2.33 bits per heavy atom. The number of halogens is 3. The first kappa shape index (κ1) is 28.9. The number of rotatable bonds is 8. The standard InChI is InChI=1S/C28H35F3N4O3S/c1-5-14-39(37,38)25-9-7-6-8-24(25)32-20(3)21-15-19(2)16-23-22(21)17-26(33(4)27(23)36)35-12-10-34(11-13-35)18-28(29,30)31/h6-9,15-17,20,32H,5,10-14,18H2,1-4H3/t20-/m1/s1. The van der Waals surface area contributed by atoms with E-state index in [0.29, 0.717) is 36.4 Å².